The standard InChI is InChI=1S/C10H17N3O3S/c1-4-16-7-5-6-11-17(14,15)10-8(2)12-13-9(10)3/h4,11H,1,5-7H2,2-3H3,(H,12,13). The molecule has 0 aromatic carbocycles. The summed E-state index contributed by atoms with van der Waals surface area (Å²) in [4.78, 5) is 0.224. The molecule has 0 amide bonds. The van der Waals surface area contributed by atoms with E-state index in [2.05, 4.69) is 21.5 Å². The van der Waals surface area contributed by atoms with Crippen LogP contribution in [0, 0.1) is 13.8 Å². The smallest absolute Gasteiger partial charge is 0.244 e. The van der Waals surface area contributed by atoms with Gasteiger partial charge in [0.25, 0.3) is 0 Å². The molecule has 0 saturated carbocycles. The van der Waals surface area contributed by atoms with E-state index in [4.69, 9.17) is 4.74 Å². The summed E-state index contributed by atoms with van der Waals surface area (Å²) in [6, 6.07) is 0. The molecule has 1 heterocycles. The Hall–Kier alpha value is -1.34. The van der Waals surface area contributed by atoms with Crippen molar-refractivity contribution in [1.82, 2.24) is 14.9 Å². The molecule has 17 heavy (non-hydrogen) atoms. The molecule has 0 spiro atoms. The van der Waals surface area contributed by atoms with Gasteiger partial charge in [-0.2, -0.15) is 5.10 Å². The van der Waals surface area contributed by atoms with Crippen LogP contribution < -0.4 is 4.72 Å². The minimum absolute atomic E-state index is 0.224. The summed E-state index contributed by atoms with van der Waals surface area (Å²) in [6.07, 6.45) is 1.92. The van der Waals surface area contributed by atoms with Gasteiger partial charge >= 0.3 is 0 Å². The van der Waals surface area contributed by atoms with Crippen molar-refractivity contribution in [2.24, 2.45) is 0 Å². The number of H-pyrrole nitrogens is 1. The van der Waals surface area contributed by atoms with Crippen molar-refractivity contribution in [3.8, 4) is 0 Å². The summed E-state index contributed by atoms with van der Waals surface area (Å²) in [5.74, 6) is 0. The lowest BCUT2D eigenvalue weighted by atomic mass is 10.4. The van der Waals surface area contributed by atoms with Crippen LogP contribution in [-0.2, 0) is 14.8 Å². The average Bonchev–Trinajstić information content (AvgIpc) is 2.58. The lowest BCUT2D eigenvalue weighted by Gasteiger charge is -2.06. The van der Waals surface area contributed by atoms with E-state index in [0.29, 0.717) is 31.0 Å². The van der Waals surface area contributed by atoms with Crippen LogP contribution in [0.15, 0.2) is 17.7 Å². The lowest BCUT2D eigenvalue weighted by molar-refractivity contribution is 0.247. The van der Waals surface area contributed by atoms with Crippen molar-refractivity contribution in [3.63, 3.8) is 0 Å². The van der Waals surface area contributed by atoms with Gasteiger partial charge in [0.05, 0.1) is 24.3 Å². The van der Waals surface area contributed by atoms with Gasteiger partial charge in [-0.05, 0) is 20.3 Å². The first-order chi connectivity index (χ1) is 7.99. The zero-order valence-electron chi connectivity index (χ0n) is 9.99. The molecule has 0 atom stereocenters. The Morgan fingerprint density at radius 2 is 2.24 bits per heavy atom. The zero-order valence-corrected chi connectivity index (χ0v) is 10.8. The SMILES string of the molecule is C=COCCCNS(=O)(=O)c1c(C)n[nH]c1C. The third-order valence-corrected chi connectivity index (χ3v) is 3.90. The van der Waals surface area contributed by atoms with E-state index in [9.17, 15) is 8.42 Å². The largest absolute Gasteiger partial charge is 0.502 e. The fraction of sp³-hybridized carbons (Fsp3) is 0.500. The summed E-state index contributed by atoms with van der Waals surface area (Å²) in [6.45, 7) is 7.48. The van der Waals surface area contributed by atoms with Crippen LogP contribution in [0.1, 0.15) is 17.8 Å². The molecule has 1 aromatic rings. The third-order valence-electron chi connectivity index (χ3n) is 2.18. The number of sulfonamides is 1. The molecular weight excluding hydrogens is 242 g/mol. The molecule has 1 rings (SSSR count). The maximum atomic E-state index is 11.9. The van der Waals surface area contributed by atoms with Gasteiger partial charge in [-0.25, -0.2) is 13.1 Å². The molecule has 0 aliphatic rings. The van der Waals surface area contributed by atoms with Gasteiger partial charge in [0.1, 0.15) is 4.90 Å². The molecule has 0 saturated heterocycles. The second-order valence-electron chi connectivity index (χ2n) is 3.55. The van der Waals surface area contributed by atoms with E-state index in [0.717, 1.165) is 0 Å². The molecule has 96 valence electrons. The topological polar surface area (TPSA) is 84.1 Å². The molecular formula is C10H17N3O3S. The zero-order chi connectivity index (χ0) is 12.9. The van der Waals surface area contributed by atoms with Gasteiger partial charge in [0.2, 0.25) is 10.0 Å². The molecule has 0 bridgehead atoms. The van der Waals surface area contributed by atoms with Crippen LogP contribution in [0.3, 0.4) is 0 Å². The van der Waals surface area contributed by atoms with Crippen LogP contribution in [0.25, 0.3) is 0 Å². The highest BCUT2D eigenvalue weighted by molar-refractivity contribution is 7.89. The number of hydrogen-bond acceptors (Lipinski definition) is 4. The van der Waals surface area contributed by atoms with Crippen LogP contribution in [0.4, 0.5) is 0 Å². The highest BCUT2D eigenvalue weighted by Gasteiger charge is 2.21. The maximum absolute atomic E-state index is 11.9. The van der Waals surface area contributed by atoms with E-state index < -0.39 is 10.0 Å². The first-order valence-electron chi connectivity index (χ1n) is 5.22. The summed E-state index contributed by atoms with van der Waals surface area (Å²) < 4.78 is 31.3. The molecule has 7 heteroatoms. The number of nitrogens with zero attached hydrogens (tertiary/aromatic N) is 1. The number of rotatable bonds is 7. The van der Waals surface area contributed by atoms with Crippen molar-refractivity contribution in [2.45, 2.75) is 25.2 Å². The molecule has 0 fully saturated rings. The monoisotopic (exact) mass is 259 g/mol. The van der Waals surface area contributed by atoms with Gasteiger partial charge < -0.3 is 4.74 Å². The van der Waals surface area contributed by atoms with Crippen LogP contribution >= 0.6 is 0 Å². The Balaban J connectivity index is 2.61. The molecule has 2 N–H and O–H groups in total. The van der Waals surface area contributed by atoms with E-state index in [-0.39, 0.29) is 4.90 Å². The Morgan fingerprint density at radius 1 is 1.53 bits per heavy atom. The number of hydrogen-bond donors (Lipinski definition) is 2. The van der Waals surface area contributed by atoms with Gasteiger partial charge in [-0.15, -0.1) is 0 Å². The molecule has 0 radical (unpaired) electrons. The predicted molar refractivity (Wildman–Crippen MR) is 64.0 cm³/mol. The summed E-state index contributed by atoms with van der Waals surface area (Å²) in [7, 11) is -3.49. The van der Waals surface area contributed by atoms with E-state index in [1.807, 2.05) is 0 Å². The maximum Gasteiger partial charge on any atom is 0.244 e. The van der Waals surface area contributed by atoms with Gasteiger partial charge in [-0.1, -0.05) is 6.58 Å². The number of aryl methyl sites for hydroxylation is 2. The highest BCUT2D eigenvalue weighted by Crippen LogP contribution is 2.15. The second-order valence-corrected chi connectivity index (χ2v) is 5.26. The fourth-order valence-electron chi connectivity index (χ4n) is 1.45. The van der Waals surface area contributed by atoms with E-state index >= 15 is 0 Å². The van der Waals surface area contributed by atoms with Crippen molar-refractivity contribution in [2.75, 3.05) is 13.2 Å². The van der Waals surface area contributed by atoms with Gasteiger partial charge in [0, 0.05) is 6.54 Å². The summed E-state index contributed by atoms with van der Waals surface area (Å²) in [5.41, 5.74) is 1.01. The second kappa shape index (κ2) is 5.83. The minimum Gasteiger partial charge on any atom is -0.502 e. The number of aromatic amines is 1. The number of ether oxygens (including phenoxy) is 1. The van der Waals surface area contributed by atoms with Crippen molar-refractivity contribution in [1.29, 1.82) is 0 Å². The van der Waals surface area contributed by atoms with Gasteiger partial charge in [0.15, 0.2) is 0 Å². The van der Waals surface area contributed by atoms with Crippen LogP contribution in [0.5, 0.6) is 0 Å². The van der Waals surface area contributed by atoms with E-state index in [1.165, 1.54) is 6.26 Å². The van der Waals surface area contributed by atoms with E-state index in [1.54, 1.807) is 13.8 Å². The Kier molecular flexibility index (Phi) is 4.71. The first-order valence-corrected chi connectivity index (χ1v) is 6.71. The Labute approximate surface area is 101 Å². The normalized spacial score (nSPS) is 11.4. The van der Waals surface area contributed by atoms with Crippen LogP contribution in [0.2, 0.25) is 0 Å². The van der Waals surface area contributed by atoms with Crippen LogP contribution in [-0.4, -0.2) is 31.8 Å². The third kappa shape index (κ3) is 3.57. The Morgan fingerprint density at radius 3 is 2.76 bits per heavy atom. The van der Waals surface area contributed by atoms with Gasteiger partial charge in [-0.3, -0.25) is 5.10 Å². The Bertz CT molecular complexity index is 459. The molecule has 6 nitrogen and oxygen atoms in total. The predicted octanol–water partition coefficient (Wildman–Crippen LogP) is 0.855. The highest BCUT2D eigenvalue weighted by atomic mass is 32.2. The number of nitrogens with one attached hydrogen (secondary N) is 2. The van der Waals surface area contributed by atoms with Crippen molar-refractivity contribution in [3.05, 3.63) is 24.2 Å². The minimum atomic E-state index is -3.49. The van der Waals surface area contributed by atoms with Crippen molar-refractivity contribution < 1.29 is 13.2 Å². The molecule has 0 unspecified atom stereocenters. The number of aromatic nitrogens is 2. The summed E-state index contributed by atoms with van der Waals surface area (Å²) >= 11 is 0. The molecule has 1 aromatic heterocycles. The first kappa shape index (κ1) is 13.7. The quantitative estimate of drug-likeness (QED) is 0.562. The molecule has 0 aliphatic carbocycles. The summed E-state index contributed by atoms with van der Waals surface area (Å²) in [5, 5.41) is 6.50. The average molecular weight is 259 g/mol. The molecule has 0 aliphatic heterocycles. The van der Waals surface area contributed by atoms with Crippen molar-refractivity contribution >= 4 is 10.0 Å². The fourth-order valence-corrected chi connectivity index (χ4v) is 2.89. The lowest BCUT2D eigenvalue weighted by Crippen LogP contribution is -2.26.